The number of nitrogens with zero attached hydrogens (tertiary/aromatic N) is 5. The van der Waals surface area contributed by atoms with Gasteiger partial charge in [0.1, 0.15) is 0 Å². The molecule has 14 heteroatoms. The minimum absolute atomic E-state index is 0.170. The molecule has 4 heterocycles. The number of carbonyl (C=O) groups is 1. The Morgan fingerprint density at radius 2 is 1.89 bits per heavy atom. The van der Waals surface area contributed by atoms with Gasteiger partial charge in [0.2, 0.25) is 5.95 Å². The van der Waals surface area contributed by atoms with Crippen molar-refractivity contribution in [3.63, 3.8) is 0 Å². The van der Waals surface area contributed by atoms with Crippen molar-refractivity contribution >= 4 is 56.6 Å². The van der Waals surface area contributed by atoms with Crippen molar-refractivity contribution in [1.82, 2.24) is 28.7 Å². The van der Waals surface area contributed by atoms with Crippen LogP contribution in [0.1, 0.15) is 39.9 Å². The van der Waals surface area contributed by atoms with Gasteiger partial charge in [0, 0.05) is 37.6 Å². The number of nitrogens with one attached hydrogen (secondary N) is 2. The molecule has 0 spiro atoms. The smallest absolute Gasteiger partial charge is 0.282 e. The summed E-state index contributed by atoms with van der Waals surface area (Å²) in [5.41, 5.74) is 0.285. The fourth-order valence-corrected chi connectivity index (χ4v) is 7.23. The Kier molecular flexibility index (Phi) is 7.63. The maximum Gasteiger partial charge on any atom is 0.282 e. The average molecular weight is 571 g/mol. The Morgan fingerprint density at radius 1 is 1.11 bits per heavy atom. The van der Waals surface area contributed by atoms with Crippen LogP contribution in [0.2, 0.25) is 9.36 Å². The van der Waals surface area contributed by atoms with Crippen LogP contribution in [0.25, 0.3) is 0 Å². The van der Waals surface area contributed by atoms with Gasteiger partial charge in [-0.05, 0) is 37.1 Å². The van der Waals surface area contributed by atoms with Gasteiger partial charge in [0.05, 0.1) is 27.5 Å². The zero-order chi connectivity index (χ0) is 25.3. The number of anilines is 1. The maximum atomic E-state index is 13.4. The molecule has 10 nitrogen and oxygen atoms in total. The summed E-state index contributed by atoms with van der Waals surface area (Å²) < 4.78 is 31.1. The summed E-state index contributed by atoms with van der Waals surface area (Å²) in [6, 6.07) is 9.94. The first kappa shape index (κ1) is 25.6. The molecule has 3 aromatic rings. The van der Waals surface area contributed by atoms with E-state index in [9.17, 15) is 13.2 Å². The molecule has 2 fully saturated rings. The standard InChI is InChI=1S/C22H25Cl2N7O3S2/c23-17-6-2-1-5-16(17)21(32)31-22(26-13-15-7-8-19(24)35-15)27-20(28-31)18-14-30(12-9-25-18)36(33,34)29-10-3-4-11-29/h1-2,5-8,18,25H,3-4,9-14H2,(H,26,27,28). The highest BCUT2D eigenvalue weighted by molar-refractivity contribution is 7.86. The number of rotatable bonds is 7. The summed E-state index contributed by atoms with van der Waals surface area (Å²) in [6.07, 6.45) is 1.74. The van der Waals surface area contributed by atoms with Crippen LogP contribution < -0.4 is 10.6 Å². The summed E-state index contributed by atoms with van der Waals surface area (Å²) in [6.45, 7) is 2.44. The van der Waals surface area contributed by atoms with E-state index in [0.29, 0.717) is 47.9 Å². The maximum absolute atomic E-state index is 13.4. The van der Waals surface area contributed by atoms with E-state index in [-0.39, 0.29) is 18.1 Å². The minimum atomic E-state index is -3.56. The Morgan fingerprint density at radius 3 is 2.61 bits per heavy atom. The van der Waals surface area contributed by atoms with Crippen molar-refractivity contribution in [3.8, 4) is 0 Å². The highest BCUT2D eigenvalue weighted by atomic mass is 35.5. The van der Waals surface area contributed by atoms with Gasteiger partial charge >= 0.3 is 0 Å². The quantitative estimate of drug-likeness (QED) is 0.449. The molecule has 2 saturated heterocycles. The lowest BCUT2D eigenvalue weighted by Gasteiger charge is -2.33. The predicted octanol–water partition coefficient (Wildman–Crippen LogP) is 3.23. The SMILES string of the molecule is O=C(c1ccccc1Cl)n1nc(C2CN(S(=O)(=O)N3CCCC3)CCN2)nc1NCc1ccc(Cl)s1. The average Bonchev–Trinajstić information content (AvgIpc) is 3.64. The van der Waals surface area contributed by atoms with Crippen molar-refractivity contribution < 1.29 is 13.2 Å². The van der Waals surface area contributed by atoms with Crippen LogP contribution in [-0.4, -0.2) is 70.4 Å². The second-order valence-corrected chi connectivity index (χ2v) is 12.7. The van der Waals surface area contributed by atoms with Gasteiger partial charge in [-0.3, -0.25) is 4.79 Å². The first-order chi connectivity index (χ1) is 17.3. The molecular formula is C22H25Cl2N7O3S2. The van der Waals surface area contributed by atoms with Crippen molar-refractivity contribution in [2.75, 3.05) is 38.0 Å². The summed E-state index contributed by atoms with van der Waals surface area (Å²) in [7, 11) is -3.56. The number of hydrogen-bond donors (Lipinski definition) is 2. The summed E-state index contributed by atoms with van der Waals surface area (Å²) >= 11 is 13.7. The number of halogens is 2. The lowest BCUT2D eigenvalue weighted by atomic mass is 10.2. The van der Waals surface area contributed by atoms with E-state index in [1.165, 1.54) is 24.6 Å². The molecule has 2 aliphatic rings. The molecule has 0 radical (unpaired) electrons. The molecule has 2 aromatic heterocycles. The van der Waals surface area contributed by atoms with Gasteiger partial charge in [0.25, 0.3) is 16.1 Å². The summed E-state index contributed by atoms with van der Waals surface area (Å²) in [5.74, 6) is 0.118. The normalized spacial score (nSPS) is 19.6. The lowest BCUT2D eigenvalue weighted by molar-refractivity contribution is 0.0946. The number of thiophene rings is 1. The molecule has 2 N–H and O–H groups in total. The third kappa shape index (κ3) is 5.30. The molecular weight excluding hydrogens is 545 g/mol. The molecule has 0 saturated carbocycles. The molecule has 1 atom stereocenters. The largest absolute Gasteiger partial charge is 0.349 e. The van der Waals surface area contributed by atoms with Crippen molar-refractivity contribution in [2.24, 2.45) is 0 Å². The molecule has 0 amide bonds. The van der Waals surface area contributed by atoms with Crippen molar-refractivity contribution in [2.45, 2.75) is 25.4 Å². The fourth-order valence-electron chi connectivity index (χ4n) is 4.28. The van der Waals surface area contributed by atoms with E-state index in [2.05, 4.69) is 20.7 Å². The highest BCUT2D eigenvalue weighted by Gasteiger charge is 2.36. The molecule has 36 heavy (non-hydrogen) atoms. The third-order valence-electron chi connectivity index (χ3n) is 6.14. The summed E-state index contributed by atoms with van der Waals surface area (Å²) in [5, 5.41) is 11.3. The number of piperazine rings is 1. The Labute approximate surface area is 223 Å². The number of carbonyl (C=O) groups excluding carboxylic acids is 1. The number of aromatic nitrogens is 3. The summed E-state index contributed by atoms with van der Waals surface area (Å²) in [4.78, 5) is 18.9. The van der Waals surface area contributed by atoms with Gasteiger partial charge in [-0.25, -0.2) is 0 Å². The second-order valence-electron chi connectivity index (χ2n) is 8.53. The Bertz CT molecular complexity index is 1360. The van der Waals surface area contributed by atoms with Crippen LogP contribution >= 0.6 is 34.5 Å². The van der Waals surface area contributed by atoms with Gasteiger partial charge in [0.15, 0.2) is 5.82 Å². The van der Waals surface area contributed by atoms with Gasteiger partial charge in [-0.15, -0.1) is 16.4 Å². The molecule has 0 aliphatic carbocycles. The molecule has 0 bridgehead atoms. The zero-order valence-electron chi connectivity index (χ0n) is 19.2. The fraction of sp³-hybridized carbons (Fsp3) is 0.409. The van der Waals surface area contributed by atoms with Crippen LogP contribution in [0.5, 0.6) is 0 Å². The second kappa shape index (κ2) is 10.7. The first-order valence-corrected chi connectivity index (χ1v) is 14.5. The van der Waals surface area contributed by atoms with E-state index in [0.717, 1.165) is 17.7 Å². The number of hydrogen-bond acceptors (Lipinski definition) is 8. The Balaban J connectivity index is 1.43. The van der Waals surface area contributed by atoms with Gasteiger partial charge in [-0.1, -0.05) is 35.3 Å². The topological polar surface area (TPSA) is 112 Å². The van der Waals surface area contributed by atoms with E-state index >= 15 is 0 Å². The van der Waals surface area contributed by atoms with Crippen LogP contribution in [0.4, 0.5) is 5.95 Å². The van der Waals surface area contributed by atoms with Gasteiger partial charge < -0.3 is 10.6 Å². The van der Waals surface area contributed by atoms with Crippen molar-refractivity contribution in [1.29, 1.82) is 0 Å². The predicted molar refractivity (Wildman–Crippen MR) is 140 cm³/mol. The van der Waals surface area contributed by atoms with E-state index in [1.54, 1.807) is 30.3 Å². The van der Waals surface area contributed by atoms with Crippen molar-refractivity contribution in [3.05, 3.63) is 62.0 Å². The van der Waals surface area contributed by atoms with Crippen LogP contribution in [0.3, 0.4) is 0 Å². The van der Waals surface area contributed by atoms with E-state index in [1.807, 2.05) is 6.07 Å². The van der Waals surface area contributed by atoms with E-state index < -0.39 is 22.2 Å². The van der Waals surface area contributed by atoms with Crippen LogP contribution in [0, 0.1) is 0 Å². The highest BCUT2D eigenvalue weighted by Crippen LogP contribution is 2.26. The third-order valence-corrected chi connectivity index (χ3v) is 9.70. The molecule has 2 aliphatic heterocycles. The molecule has 1 unspecified atom stereocenters. The minimum Gasteiger partial charge on any atom is -0.349 e. The molecule has 1 aromatic carbocycles. The molecule has 5 rings (SSSR count). The lowest BCUT2D eigenvalue weighted by Crippen LogP contribution is -2.52. The first-order valence-electron chi connectivity index (χ1n) is 11.6. The van der Waals surface area contributed by atoms with Crippen LogP contribution in [0.15, 0.2) is 36.4 Å². The van der Waals surface area contributed by atoms with Gasteiger partial charge in [-0.2, -0.15) is 26.7 Å². The zero-order valence-corrected chi connectivity index (χ0v) is 22.4. The Hall–Kier alpha value is -2.06. The monoisotopic (exact) mass is 569 g/mol. The van der Waals surface area contributed by atoms with E-state index in [4.69, 9.17) is 23.2 Å². The molecule has 192 valence electrons. The number of benzene rings is 1. The van der Waals surface area contributed by atoms with Crippen LogP contribution in [-0.2, 0) is 16.8 Å².